The first-order valence-electron chi connectivity index (χ1n) is 6.51. The number of ketones is 1. The predicted octanol–water partition coefficient (Wildman–Crippen LogP) is 3.69. The van der Waals surface area contributed by atoms with E-state index in [1.54, 1.807) is 38.1 Å². The molecule has 0 N–H and O–H groups in total. The number of hydrogen-bond acceptors (Lipinski definition) is 3. The normalized spacial score (nSPS) is 10.3. The summed E-state index contributed by atoms with van der Waals surface area (Å²) in [5.41, 5.74) is 1.72. The lowest BCUT2D eigenvalue weighted by Crippen LogP contribution is -2.09. The Hall–Kier alpha value is -2.36. The van der Waals surface area contributed by atoms with Gasteiger partial charge < -0.3 is 9.47 Å². The first kappa shape index (κ1) is 15.0. The van der Waals surface area contributed by atoms with Crippen molar-refractivity contribution in [2.75, 3.05) is 14.2 Å². The predicted molar refractivity (Wildman–Crippen MR) is 78.9 cm³/mol. The third kappa shape index (κ3) is 2.89. The highest BCUT2D eigenvalue weighted by molar-refractivity contribution is 6.12. The molecule has 21 heavy (non-hydrogen) atoms. The zero-order valence-electron chi connectivity index (χ0n) is 12.5. The summed E-state index contributed by atoms with van der Waals surface area (Å²) < 4.78 is 24.5. The zero-order valence-corrected chi connectivity index (χ0v) is 12.5. The molecule has 2 aromatic rings. The molecule has 0 aliphatic rings. The van der Waals surface area contributed by atoms with E-state index < -0.39 is 11.6 Å². The van der Waals surface area contributed by atoms with E-state index in [9.17, 15) is 9.18 Å². The second kappa shape index (κ2) is 5.95. The molecule has 2 rings (SSSR count). The molecule has 4 heteroatoms. The Labute approximate surface area is 123 Å². The first-order valence-corrected chi connectivity index (χ1v) is 6.51. The summed E-state index contributed by atoms with van der Waals surface area (Å²) in [6.45, 7) is 3.51. The van der Waals surface area contributed by atoms with Crippen LogP contribution in [0, 0.1) is 19.7 Å². The Morgan fingerprint density at radius 3 is 2.33 bits per heavy atom. The van der Waals surface area contributed by atoms with Gasteiger partial charge in [0, 0.05) is 0 Å². The monoisotopic (exact) mass is 288 g/mol. The van der Waals surface area contributed by atoms with Gasteiger partial charge in [-0.2, -0.15) is 0 Å². The highest BCUT2D eigenvalue weighted by Gasteiger charge is 2.21. The van der Waals surface area contributed by atoms with Crippen molar-refractivity contribution >= 4 is 5.78 Å². The van der Waals surface area contributed by atoms with Crippen LogP contribution in [0.25, 0.3) is 0 Å². The fourth-order valence-electron chi connectivity index (χ4n) is 2.33. The molecule has 0 saturated carbocycles. The largest absolute Gasteiger partial charge is 0.497 e. The molecule has 0 spiro atoms. The van der Waals surface area contributed by atoms with Crippen molar-refractivity contribution in [1.29, 1.82) is 0 Å². The van der Waals surface area contributed by atoms with E-state index in [0.29, 0.717) is 17.1 Å². The van der Waals surface area contributed by atoms with Crippen LogP contribution in [0.2, 0.25) is 0 Å². The quantitative estimate of drug-likeness (QED) is 0.805. The second-order valence-corrected chi connectivity index (χ2v) is 4.83. The fraction of sp³-hybridized carbons (Fsp3) is 0.235. The molecule has 0 unspecified atom stereocenters. The Balaban J connectivity index is 2.59. The lowest BCUT2D eigenvalue weighted by molar-refractivity contribution is 0.103. The van der Waals surface area contributed by atoms with Crippen LogP contribution in [0.3, 0.4) is 0 Å². The van der Waals surface area contributed by atoms with Gasteiger partial charge >= 0.3 is 0 Å². The summed E-state index contributed by atoms with van der Waals surface area (Å²) >= 11 is 0. The molecule has 3 nitrogen and oxygen atoms in total. The molecule has 2 aromatic carbocycles. The van der Waals surface area contributed by atoms with Crippen LogP contribution in [0.15, 0.2) is 30.3 Å². The maximum Gasteiger partial charge on any atom is 0.200 e. The molecule has 0 saturated heterocycles. The number of rotatable bonds is 4. The number of ether oxygens (including phenoxy) is 2. The molecule has 0 aromatic heterocycles. The standard InChI is InChI=1S/C17H17FO3/c1-10-7-11(2)16(14(18)8-10)17(19)13-9-12(20-3)5-6-15(13)21-4/h5-9H,1-4H3. The number of carbonyl (C=O) groups excluding carboxylic acids is 1. The van der Waals surface area contributed by atoms with Crippen molar-refractivity contribution in [3.05, 3.63) is 58.4 Å². The number of hydrogen-bond donors (Lipinski definition) is 0. The van der Waals surface area contributed by atoms with Crippen molar-refractivity contribution < 1.29 is 18.7 Å². The van der Waals surface area contributed by atoms with E-state index in [2.05, 4.69) is 0 Å². The van der Waals surface area contributed by atoms with Gasteiger partial charge in [0.05, 0.1) is 25.3 Å². The number of carbonyl (C=O) groups is 1. The van der Waals surface area contributed by atoms with Gasteiger partial charge in [-0.1, -0.05) is 6.07 Å². The van der Waals surface area contributed by atoms with Crippen LogP contribution >= 0.6 is 0 Å². The van der Waals surface area contributed by atoms with Gasteiger partial charge in [-0.3, -0.25) is 4.79 Å². The molecule has 110 valence electrons. The maximum absolute atomic E-state index is 14.2. The average Bonchev–Trinajstić information content (AvgIpc) is 2.45. The molecule has 0 bridgehead atoms. The molecule has 0 aliphatic carbocycles. The average molecular weight is 288 g/mol. The molecular weight excluding hydrogens is 271 g/mol. The molecule has 0 amide bonds. The highest BCUT2D eigenvalue weighted by atomic mass is 19.1. The van der Waals surface area contributed by atoms with Crippen molar-refractivity contribution in [3.63, 3.8) is 0 Å². The molecule has 0 aliphatic heterocycles. The van der Waals surface area contributed by atoms with Gasteiger partial charge in [-0.25, -0.2) is 4.39 Å². The van der Waals surface area contributed by atoms with Crippen LogP contribution in [0.4, 0.5) is 4.39 Å². The minimum atomic E-state index is -0.526. The number of methoxy groups -OCH3 is 2. The van der Waals surface area contributed by atoms with E-state index in [-0.39, 0.29) is 11.1 Å². The Kier molecular flexibility index (Phi) is 4.26. The summed E-state index contributed by atoms with van der Waals surface area (Å²) in [5.74, 6) is -0.0346. The lowest BCUT2D eigenvalue weighted by Gasteiger charge is -2.12. The summed E-state index contributed by atoms with van der Waals surface area (Å²) in [4.78, 5) is 12.7. The minimum absolute atomic E-state index is 0.0622. The van der Waals surface area contributed by atoms with Crippen molar-refractivity contribution in [2.24, 2.45) is 0 Å². The summed E-state index contributed by atoms with van der Waals surface area (Å²) in [7, 11) is 2.98. The maximum atomic E-state index is 14.2. The molecular formula is C17H17FO3. The molecule has 0 heterocycles. The second-order valence-electron chi connectivity index (χ2n) is 4.83. The van der Waals surface area contributed by atoms with Crippen LogP contribution in [0.5, 0.6) is 11.5 Å². The van der Waals surface area contributed by atoms with Gasteiger partial charge in [0.25, 0.3) is 0 Å². The van der Waals surface area contributed by atoms with Crippen LogP contribution < -0.4 is 9.47 Å². The van der Waals surface area contributed by atoms with Crippen molar-refractivity contribution in [1.82, 2.24) is 0 Å². The SMILES string of the molecule is COc1ccc(OC)c(C(=O)c2c(C)cc(C)cc2F)c1. The summed E-state index contributed by atoms with van der Waals surface area (Å²) in [6, 6.07) is 8.01. The Morgan fingerprint density at radius 1 is 1.05 bits per heavy atom. The molecule has 0 fully saturated rings. The van der Waals surface area contributed by atoms with E-state index in [1.165, 1.54) is 20.3 Å². The van der Waals surface area contributed by atoms with Gasteiger partial charge in [0.15, 0.2) is 5.78 Å². The molecule has 0 atom stereocenters. The third-order valence-corrected chi connectivity index (χ3v) is 3.31. The number of aryl methyl sites for hydroxylation is 2. The third-order valence-electron chi connectivity index (χ3n) is 3.31. The summed E-state index contributed by atoms with van der Waals surface area (Å²) in [6.07, 6.45) is 0. The minimum Gasteiger partial charge on any atom is -0.497 e. The lowest BCUT2D eigenvalue weighted by atomic mass is 9.96. The number of benzene rings is 2. The van der Waals surface area contributed by atoms with Gasteiger partial charge in [-0.05, 0) is 49.2 Å². The van der Waals surface area contributed by atoms with Gasteiger partial charge in [0.1, 0.15) is 17.3 Å². The number of halogens is 1. The highest BCUT2D eigenvalue weighted by Crippen LogP contribution is 2.28. The molecule has 0 radical (unpaired) electrons. The van der Waals surface area contributed by atoms with Crippen LogP contribution in [-0.4, -0.2) is 20.0 Å². The first-order chi connectivity index (χ1) is 9.97. The van der Waals surface area contributed by atoms with Crippen LogP contribution in [0.1, 0.15) is 27.0 Å². The van der Waals surface area contributed by atoms with Crippen molar-refractivity contribution in [3.8, 4) is 11.5 Å². The fourth-order valence-corrected chi connectivity index (χ4v) is 2.33. The Bertz CT molecular complexity index is 669. The zero-order chi connectivity index (χ0) is 15.6. The van der Waals surface area contributed by atoms with E-state index >= 15 is 0 Å². The van der Waals surface area contributed by atoms with Crippen LogP contribution in [-0.2, 0) is 0 Å². The van der Waals surface area contributed by atoms with E-state index in [4.69, 9.17) is 9.47 Å². The van der Waals surface area contributed by atoms with Crippen molar-refractivity contribution in [2.45, 2.75) is 13.8 Å². The van der Waals surface area contributed by atoms with Gasteiger partial charge in [-0.15, -0.1) is 0 Å². The van der Waals surface area contributed by atoms with Gasteiger partial charge in [0.2, 0.25) is 0 Å². The van der Waals surface area contributed by atoms with E-state index in [1.807, 2.05) is 0 Å². The van der Waals surface area contributed by atoms with E-state index in [0.717, 1.165) is 5.56 Å². The topological polar surface area (TPSA) is 35.5 Å². The summed E-state index contributed by atoms with van der Waals surface area (Å²) in [5, 5.41) is 0. The Morgan fingerprint density at radius 2 is 1.76 bits per heavy atom. The smallest absolute Gasteiger partial charge is 0.200 e.